The van der Waals surface area contributed by atoms with Crippen molar-refractivity contribution in [1.82, 2.24) is 4.98 Å². The Morgan fingerprint density at radius 3 is 0.934 bits per heavy atom. The van der Waals surface area contributed by atoms with Crippen LogP contribution in [-0.2, 0) is 0 Å². The van der Waals surface area contributed by atoms with Gasteiger partial charge in [-0.05, 0) is 169 Å². The number of rotatable bonds is 11. The number of anilines is 10. The van der Waals surface area contributed by atoms with Crippen LogP contribution in [0.4, 0.5) is 56.9 Å². The van der Waals surface area contributed by atoms with Crippen molar-refractivity contribution in [2.45, 2.75) is 0 Å². The van der Waals surface area contributed by atoms with Crippen LogP contribution in [0, 0.1) is 0 Å². The number of nitrogens with one attached hydrogen (secondary N) is 5. The molecule has 438 valence electrons. The van der Waals surface area contributed by atoms with Gasteiger partial charge < -0.3 is 26.6 Å². The maximum absolute atomic E-state index is 4.13. The van der Waals surface area contributed by atoms with Crippen LogP contribution in [0.5, 0.6) is 0 Å². The maximum Gasteiger partial charge on any atom is 0.0463 e. The topological polar surface area (TPSA) is 73.0 Å². The maximum atomic E-state index is 4.13. The Balaban J connectivity index is 0.000000110. The number of benzene rings is 15. The normalized spacial score (nSPS) is 10.5. The molecule has 0 aliphatic heterocycles. The fourth-order valence-corrected chi connectivity index (χ4v) is 10.7. The Labute approximate surface area is 532 Å². The third-order valence-electron chi connectivity index (χ3n) is 15.4. The minimum Gasteiger partial charge on any atom is -0.356 e. The van der Waals surface area contributed by atoms with E-state index in [4.69, 9.17) is 0 Å². The molecule has 91 heavy (non-hydrogen) atoms. The van der Waals surface area contributed by atoms with Crippen LogP contribution in [-0.4, -0.2) is 4.98 Å². The summed E-state index contributed by atoms with van der Waals surface area (Å²) in [5, 5.41) is 32.1. The van der Waals surface area contributed by atoms with E-state index in [2.05, 4.69) is 317 Å². The van der Waals surface area contributed by atoms with Crippen LogP contribution in [0.15, 0.2) is 371 Å². The molecule has 0 unspecified atom stereocenters. The average Bonchev–Trinajstić information content (AvgIpc) is 3.40. The molecule has 16 rings (SSSR count). The summed E-state index contributed by atoms with van der Waals surface area (Å²) in [5.41, 5.74) is 12.2. The summed E-state index contributed by atoms with van der Waals surface area (Å²) in [6.45, 7) is 3.76. The van der Waals surface area contributed by atoms with Crippen molar-refractivity contribution in [3.8, 4) is 0 Å². The summed E-state index contributed by atoms with van der Waals surface area (Å²) in [4.78, 5) is 4.13. The fraction of sp³-hybridized carbons (Fsp3) is 0. The summed E-state index contributed by atoms with van der Waals surface area (Å²) in [6, 6.07) is 121. The van der Waals surface area contributed by atoms with Gasteiger partial charge in [0.1, 0.15) is 0 Å². The first kappa shape index (κ1) is 59.1. The molecule has 15 aromatic carbocycles. The lowest BCUT2D eigenvalue weighted by Gasteiger charge is -2.10. The van der Waals surface area contributed by atoms with E-state index in [0.29, 0.717) is 0 Å². The zero-order valence-electron chi connectivity index (χ0n) is 50.4. The van der Waals surface area contributed by atoms with Crippen LogP contribution < -0.4 is 26.6 Å². The van der Waals surface area contributed by atoms with Gasteiger partial charge in [0, 0.05) is 85.4 Å². The number of aromatic nitrogens is 1. The van der Waals surface area contributed by atoms with Gasteiger partial charge in [-0.25, -0.2) is 0 Å². The molecule has 0 aliphatic carbocycles. The highest BCUT2D eigenvalue weighted by Crippen LogP contribution is 2.30. The highest BCUT2D eigenvalue weighted by molar-refractivity contribution is 5.97. The van der Waals surface area contributed by atoms with Crippen molar-refractivity contribution >= 4 is 128 Å². The highest BCUT2D eigenvalue weighted by atomic mass is 14.9. The van der Waals surface area contributed by atoms with Gasteiger partial charge in [0.2, 0.25) is 0 Å². The number of hydrogen-bond donors (Lipinski definition) is 5. The van der Waals surface area contributed by atoms with E-state index in [1.165, 1.54) is 59.2 Å². The van der Waals surface area contributed by atoms with Gasteiger partial charge in [-0.3, -0.25) is 4.98 Å². The summed E-state index contributed by atoms with van der Waals surface area (Å²) in [7, 11) is 0. The van der Waals surface area contributed by atoms with Crippen LogP contribution in [0.2, 0.25) is 0 Å². The van der Waals surface area contributed by atoms with Gasteiger partial charge in [-0.15, -0.1) is 0 Å². The molecule has 1 aromatic heterocycles. The summed E-state index contributed by atoms with van der Waals surface area (Å²) in [6.07, 6.45) is 5.54. The monoisotopic (exact) mass is 1170 g/mol. The molecule has 0 spiro atoms. The van der Waals surface area contributed by atoms with Crippen molar-refractivity contribution in [3.05, 3.63) is 376 Å². The van der Waals surface area contributed by atoms with E-state index in [0.717, 1.165) is 67.8 Å². The van der Waals surface area contributed by atoms with Gasteiger partial charge in [-0.1, -0.05) is 249 Å². The molecular formula is C85H68N6. The van der Waals surface area contributed by atoms with E-state index in [9.17, 15) is 0 Å². The fourth-order valence-electron chi connectivity index (χ4n) is 10.7. The number of fused-ring (bicyclic) bond motifs is 6. The van der Waals surface area contributed by atoms with E-state index in [1.54, 1.807) is 0 Å². The minimum absolute atomic E-state index is 1.08. The van der Waals surface area contributed by atoms with Crippen LogP contribution in [0.1, 0.15) is 5.56 Å². The van der Waals surface area contributed by atoms with Gasteiger partial charge in [0.05, 0.1) is 0 Å². The Morgan fingerprint density at radius 2 is 0.516 bits per heavy atom. The first-order valence-electron chi connectivity index (χ1n) is 30.5. The lowest BCUT2D eigenvalue weighted by Crippen LogP contribution is -1.91. The molecule has 1 heterocycles. The lowest BCUT2D eigenvalue weighted by atomic mass is 10.1. The van der Waals surface area contributed by atoms with E-state index in [-0.39, 0.29) is 0 Å². The first-order chi connectivity index (χ1) is 45.0. The molecule has 5 N–H and O–H groups in total. The molecule has 0 atom stereocenters. The molecule has 0 saturated heterocycles. The molecular weight excluding hydrogens is 1100 g/mol. The van der Waals surface area contributed by atoms with Crippen molar-refractivity contribution in [2.24, 2.45) is 0 Å². The number of para-hydroxylation sites is 3. The average molecular weight is 1170 g/mol. The van der Waals surface area contributed by atoms with Gasteiger partial charge in [0.15, 0.2) is 0 Å². The van der Waals surface area contributed by atoms with Crippen molar-refractivity contribution in [3.63, 3.8) is 0 Å². The van der Waals surface area contributed by atoms with E-state index in [1.807, 2.05) is 91.3 Å². The van der Waals surface area contributed by atoms with E-state index < -0.39 is 0 Å². The highest BCUT2D eigenvalue weighted by Gasteiger charge is 2.05. The molecule has 0 saturated carbocycles. The second-order valence-corrected chi connectivity index (χ2v) is 21.7. The first-order valence-corrected chi connectivity index (χ1v) is 30.5. The second kappa shape index (κ2) is 29.9. The SMILES string of the molecule is C=Cc1ccc(Nc2ccc3ccccc3c2)cc1.c1ccc(Nc2ccc3ccccc3c2)cc1.c1ccc(Nc2ccc3ccncc3c2)cc1.c1ccc(Nc2cccc3ccccc23)cc1.c1ccc2cc(Nc3cccc4ccccc34)ccc2c1. The molecule has 0 bridgehead atoms. The quantitative estimate of drug-likeness (QED) is 0.0889. The molecule has 16 aromatic rings. The van der Waals surface area contributed by atoms with Crippen molar-refractivity contribution in [2.75, 3.05) is 26.6 Å². The molecule has 0 fully saturated rings. The largest absolute Gasteiger partial charge is 0.356 e. The standard InChI is InChI=1S/C20H15N.C18H15N.2C16H13N.C15H12N2/c1-2-8-17-14-18(13-12-15(17)6-1)21-20-11-5-9-16-7-3-4-10-19(16)20;1-2-14-7-10-17(11-8-14)19-18-12-9-15-5-3-4-6-16(15)13-18;1-2-9-14(10-3-1)17-16-12-6-8-13-7-4-5-11-15(13)16;1-2-8-15(9-3-1)17-16-11-10-13-6-4-5-7-14(13)12-16;1-2-4-14(5-3-1)17-15-7-6-12-8-9-16-11-13(12)10-15/h1-14,21H;2-13,19H,1H2;2*1-12,17H;1-11,17H. The smallest absolute Gasteiger partial charge is 0.0463 e. The number of nitrogens with zero attached hydrogens (tertiary/aromatic N) is 1. The Morgan fingerprint density at radius 1 is 0.220 bits per heavy atom. The summed E-state index contributed by atoms with van der Waals surface area (Å²) >= 11 is 0. The number of pyridine rings is 1. The van der Waals surface area contributed by atoms with Crippen molar-refractivity contribution in [1.29, 1.82) is 0 Å². The Bertz CT molecular complexity index is 4860. The Hall–Kier alpha value is -12.3. The zero-order chi connectivity index (χ0) is 61.7. The predicted octanol–water partition coefficient (Wildman–Crippen LogP) is 24.1. The minimum atomic E-state index is 1.08. The summed E-state index contributed by atoms with van der Waals surface area (Å²) < 4.78 is 0. The molecule has 6 heteroatoms. The molecule has 6 nitrogen and oxygen atoms in total. The van der Waals surface area contributed by atoms with Gasteiger partial charge in [0.25, 0.3) is 0 Å². The summed E-state index contributed by atoms with van der Waals surface area (Å²) in [5.74, 6) is 0. The van der Waals surface area contributed by atoms with Crippen LogP contribution in [0.3, 0.4) is 0 Å². The third-order valence-corrected chi connectivity index (χ3v) is 15.4. The zero-order valence-corrected chi connectivity index (χ0v) is 50.4. The molecule has 0 aliphatic rings. The molecule has 0 radical (unpaired) electrons. The molecule has 0 amide bonds. The van der Waals surface area contributed by atoms with Crippen LogP contribution in [0.25, 0.3) is 70.7 Å². The Kier molecular flexibility index (Phi) is 19.4. The number of hydrogen-bond acceptors (Lipinski definition) is 6. The lowest BCUT2D eigenvalue weighted by molar-refractivity contribution is 1.36. The third kappa shape index (κ3) is 16.2. The predicted molar refractivity (Wildman–Crippen MR) is 394 cm³/mol. The van der Waals surface area contributed by atoms with Gasteiger partial charge in [-0.2, -0.15) is 0 Å². The second-order valence-electron chi connectivity index (χ2n) is 21.7. The van der Waals surface area contributed by atoms with Crippen LogP contribution >= 0.6 is 0 Å². The van der Waals surface area contributed by atoms with Gasteiger partial charge >= 0.3 is 0 Å². The van der Waals surface area contributed by atoms with E-state index >= 15 is 0 Å². The van der Waals surface area contributed by atoms with Crippen molar-refractivity contribution < 1.29 is 0 Å².